The summed E-state index contributed by atoms with van der Waals surface area (Å²) in [5.41, 5.74) is 0.0412. The van der Waals surface area contributed by atoms with Gasteiger partial charge in [0.25, 0.3) is 0 Å². The van der Waals surface area contributed by atoms with Gasteiger partial charge in [-0.25, -0.2) is 4.79 Å². The fourth-order valence-corrected chi connectivity index (χ4v) is 1.76. The zero-order valence-electron chi connectivity index (χ0n) is 9.42. The van der Waals surface area contributed by atoms with Crippen LogP contribution < -0.4 is 5.32 Å². The third-order valence-corrected chi connectivity index (χ3v) is 2.52. The molecule has 0 unspecified atom stereocenters. The van der Waals surface area contributed by atoms with E-state index in [0.717, 1.165) is 0 Å². The van der Waals surface area contributed by atoms with Gasteiger partial charge in [0.2, 0.25) is 5.91 Å². The summed E-state index contributed by atoms with van der Waals surface area (Å²) in [4.78, 5) is 22.0. The van der Waals surface area contributed by atoms with Crippen LogP contribution in [0.3, 0.4) is 0 Å². The molecule has 104 valence electrons. The topological polar surface area (TPSA) is 66.4 Å². The van der Waals surface area contributed by atoms with E-state index in [1.807, 2.05) is 0 Å². The van der Waals surface area contributed by atoms with Crippen LogP contribution in [-0.2, 0) is 4.79 Å². The van der Waals surface area contributed by atoms with Gasteiger partial charge in [0.15, 0.2) is 0 Å². The van der Waals surface area contributed by atoms with Crippen molar-refractivity contribution in [3.05, 3.63) is 28.2 Å². The molecule has 1 rings (SSSR count). The zero-order chi connectivity index (χ0) is 14.6. The Bertz CT molecular complexity index is 502. The van der Waals surface area contributed by atoms with E-state index in [0.29, 0.717) is 4.47 Å². The molecule has 0 radical (unpaired) electrons. The SMILES string of the molecule is O=C(CCC(F)(F)F)Nc1cc(Br)cc(C(=O)O)c1. The van der Waals surface area contributed by atoms with Crippen LogP contribution in [0, 0.1) is 0 Å². The second kappa shape index (κ2) is 6.05. The fourth-order valence-electron chi connectivity index (χ4n) is 1.26. The summed E-state index contributed by atoms with van der Waals surface area (Å²) in [6.45, 7) is 0. The summed E-state index contributed by atoms with van der Waals surface area (Å²) < 4.78 is 36.2. The zero-order valence-corrected chi connectivity index (χ0v) is 11.0. The van der Waals surface area contributed by atoms with Crippen LogP contribution in [0.25, 0.3) is 0 Å². The first-order valence-electron chi connectivity index (χ1n) is 5.08. The third-order valence-electron chi connectivity index (χ3n) is 2.06. The van der Waals surface area contributed by atoms with Crippen LogP contribution in [-0.4, -0.2) is 23.2 Å². The lowest BCUT2D eigenvalue weighted by atomic mass is 10.2. The van der Waals surface area contributed by atoms with Crippen molar-refractivity contribution < 1.29 is 27.9 Å². The minimum absolute atomic E-state index is 0.0829. The average molecular weight is 340 g/mol. The fraction of sp³-hybridized carbons (Fsp3) is 0.273. The summed E-state index contributed by atoms with van der Waals surface area (Å²) in [6, 6.07) is 3.88. The summed E-state index contributed by atoms with van der Waals surface area (Å²) in [5, 5.41) is 11.0. The second-order valence-corrected chi connectivity index (χ2v) is 4.61. The van der Waals surface area contributed by atoms with Gasteiger partial charge < -0.3 is 10.4 Å². The highest BCUT2D eigenvalue weighted by atomic mass is 79.9. The van der Waals surface area contributed by atoms with Crippen molar-refractivity contribution in [3.63, 3.8) is 0 Å². The van der Waals surface area contributed by atoms with Crippen molar-refractivity contribution >= 4 is 33.5 Å². The molecule has 0 spiro atoms. The van der Waals surface area contributed by atoms with Gasteiger partial charge in [-0.2, -0.15) is 13.2 Å². The van der Waals surface area contributed by atoms with E-state index in [4.69, 9.17) is 5.11 Å². The highest BCUT2D eigenvalue weighted by Crippen LogP contribution is 2.23. The molecule has 0 aliphatic heterocycles. The van der Waals surface area contributed by atoms with Gasteiger partial charge in [-0.3, -0.25) is 4.79 Å². The number of nitrogens with one attached hydrogen (secondary N) is 1. The van der Waals surface area contributed by atoms with Crippen molar-refractivity contribution in [1.82, 2.24) is 0 Å². The molecule has 0 atom stereocenters. The Hall–Kier alpha value is -1.57. The lowest BCUT2D eigenvalue weighted by molar-refractivity contribution is -0.142. The van der Waals surface area contributed by atoms with Crippen molar-refractivity contribution in [2.45, 2.75) is 19.0 Å². The Morgan fingerprint density at radius 2 is 1.89 bits per heavy atom. The van der Waals surface area contributed by atoms with E-state index in [9.17, 15) is 22.8 Å². The van der Waals surface area contributed by atoms with Gasteiger partial charge in [-0.1, -0.05) is 15.9 Å². The summed E-state index contributed by atoms with van der Waals surface area (Å²) in [6.07, 6.45) is -6.34. The van der Waals surface area contributed by atoms with E-state index in [-0.39, 0.29) is 11.3 Å². The molecule has 0 aromatic heterocycles. The first-order chi connectivity index (χ1) is 8.67. The molecule has 1 amide bonds. The maximum atomic E-state index is 11.9. The first-order valence-corrected chi connectivity index (χ1v) is 5.87. The second-order valence-electron chi connectivity index (χ2n) is 3.70. The van der Waals surface area contributed by atoms with Gasteiger partial charge in [-0.15, -0.1) is 0 Å². The van der Waals surface area contributed by atoms with Crippen LogP contribution in [0.15, 0.2) is 22.7 Å². The Kier molecular flexibility index (Phi) is 4.93. The summed E-state index contributed by atoms with van der Waals surface area (Å²) in [5.74, 6) is -2.03. The van der Waals surface area contributed by atoms with Crippen molar-refractivity contribution in [1.29, 1.82) is 0 Å². The molecule has 0 bridgehead atoms. The van der Waals surface area contributed by atoms with E-state index >= 15 is 0 Å². The van der Waals surface area contributed by atoms with Gasteiger partial charge in [0.05, 0.1) is 12.0 Å². The Balaban J connectivity index is 2.71. The number of carbonyl (C=O) groups excluding carboxylic acids is 1. The number of anilines is 1. The highest BCUT2D eigenvalue weighted by molar-refractivity contribution is 9.10. The monoisotopic (exact) mass is 339 g/mol. The first kappa shape index (κ1) is 15.5. The third kappa shape index (κ3) is 5.73. The van der Waals surface area contributed by atoms with Gasteiger partial charge in [0, 0.05) is 16.6 Å². The lowest BCUT2D eigenvalue weighted by Gasteiger charge is -2.08. The van der Waals surface area contributed by atoms with Crippen molar-refractivity contribution in [2.24, 2.45) is 0 Å². The predicted molar refractivity (Wildman–Crippen MR) is 65.0 cm³/mol. The molecule has 0 aliphatic rings. The van der Waals surface area contributed by atoms with Crippen molar-refractivity contribution in [2.75, 3.05) is 5.32 Å². The van der Waals surface area contributed by atoms with Gasteiger partial charge >= 0.3 is 12.1 Å². The van der Waals surface area contributed by atoms with Crippen LogP contribution >= 0.6 is 15.9 Å². The number of aromatic carboxylic acids is 1. The van der Waals surface area contributed by atoms with E-state index in [1.165, 1.54) is 18.2 Å². The quantitative estimate of drug-likeness (QED) is 0.883. The molecule has 2 N–H and O–H groups in total. The van der Waals surface area contributed by atoms with Crippen LogP contribution in [0.2, 0.25) is 0 Å². The number of hydrogen-bond donors (Lipinski definition) is 2. The minimum Gasteiger partial charge on any atom is -0.478 e. The van der Waals surface area contributed by atoms with Gasteiger partial charge in [0.1, 0.15) is 0 Å². The van der Waals surface area contributed by atoms with E-state index in [1.54, 1.807) is 0 Å². The molecular formula is C11H9BrF3NO3. The standard InChI is InChI=1S/C11H9BrF3NO3/c12-7-3-6(10(18)19)4-8(5-7)16-9(17)1-2-11(13,14)15/h3-5H,1-2H2,(H,16,17)(H,18,19). The highest BCUT2D eigenvalue weighted by Gasteiger charge is 2.27. The Labute approximate surface area is 114 Å². The maximum absolute atomic E-state index is 11.9. The Morgan fingerprint density at radius 1 is 1.26 bits per heavy atom. The number of amides is 1. The number of halogens is 4. The largest absolute Gasteiger partial charge is 0.478 e. The minimum atomic E-state index is -4.40. The molecule has 0 saturated heterocycles. The molecule has 0 fully saturated rings. The smallest absolute Gasteiger partial charge is 0.389 e. The molecule has 0 saturated carbocycles. The average Bonchev–Trinajstić information content (AvgIpc) is 2.24. The van der Waals surface area contributed by atoms with Crippen LogP contribution in [0.4, 0.5) is 18.9 Å². The number of rotatable bonds is 4. The number of hydrogen-bond acceptors (Lipinski definition) is 2. The van der Waals surface area contributed by atoms with E-state index in [2.05, 4.69) is 21.2 Å². The van der Waals surface area contributed by atoms with E-state index < -0.39 is 30.9 Å². The van der Waals surface area contributed by atoms with Crippen LogP contribution in [0.1, 0.15) is 23.2 Å². The number of carbonyl (C=O) groups is 2. The number of alkyl halides is 3. The Morgan fingerprint density at radius 3 is 2.42 bits per heavy atom. The molecule has 4 nitrogen and oxygen atoms in total. The summed E-state index contributed by atoms with van der Waals surface area (Å²) in [7, 11) is 0. The molecule has 1 aromatic rings. The molecule has 0 heterocycles. The molecule has 8 heteroatoms. The van der Waals surface area contributed by atoms with Crippen LogP contribution in [0.5, 0.6) is 0 Å². The number of benzene rings is 1. The number of carboxylic acid groups (broad SMARTS) is 1. The summed E-state index contributed by atoms with van der Waals surface area (Å²) >= 11 is 3.05. The molecular weight excluding hydrogens is 331 g/mol. The molecule has 1 aromatic carbocycles. The lowest BCUT2D eigenvalue weighted by Crippen LogP contribution is -2.16. The van der Waals surface area contributed by atoms with Gasteiger partial charge in [-0.05, 0) is 18.2 Å². The number of carboxylic acids is 1. The maximum Gasteiger partial charge on any atom is 0.389 e. The van der Waals surface area contributed by atoms with Crippen molar-refractivity contribution in [3.8, 4) is 0 Å². The normalized spacial score (nSPS) is 11.2. The predicted octanol–water partition coefficient (Wildman–Crippen LogP) is 3.43. The molecule has 0 aliphatic carbocycles. The molecule has 19 heavy (non-hydrogen) atoms.